The van der Waals surface area contributed by atoms with Crippen molar-refractivity contribution in [2.24, 2.45) is 0 Å². The molecule has 0 aromatic carbocycles. The molecule has 8 heteroatoms. The fraction of sp³-hybridized carbons (Fsp3) is 1.00. The normalized spacial score (nSPS) is 11.1. The number of ether oxygens (including phenoxy) is 2. The van der Waals surface area contributed by atoms with Gasteiger partial charge in [0.15, 0.2) is 0 Å². The zero-order valence-electron chi connectivity index (χ0n) is 8.79. The fourth-order valence-corrected chi connectivity index (χ4v) is 0.509. The Morgan fingerprint density at radius 1 is 1.13 bits per heavy atom. The molecule has 0 heterocycles. The molecule has 0 rings (SSSR count). The van der Waals surface area contributed by atoms with E-state index in [9.17, 15) is 0 Å². The maximum Gasteiger partial charge on any atom is 0.394 e. The first kappa shape index (κ1) is 17.2. The Hall–Kier alpha value is -0.250. The third-order valence-corrected chi connectivity index (χ3v) is 0.914. The van der Waals surface area contributed by atoms with E-state index in [-0.39, 0.29) is 12.7 Å². The van der Waals surface area contributed by atoms with Crippen LogP contribution in [0.15, 0.2) is 0 Å². The second-order valence-corrected chi connectivity index (χ2v) is 3.60. The van der Waals surface area contributed by atoms with Gasteiger partial charge < -0.3 is 14.6 Å². The van der Waals surface area contributed by atoms with Crippen molar-refractivity contribution in [3.8, 4) is 0 Å². The van der Waals surface area contributed by atoms with E-state index >= 15 is 0 Å². The van der Waals surface area contributed by atoms with Crippen LogP contribution >= 0.6 is 0 Å². The SMILES string of the molecule is CC(C)OCCOCCO.O=S(=O)(O)O. The van der Waals surface area contributed by atoms with Crippen LogP contribution in [0.25, 0.3) is 0 Å². The summed E-state index contributed by atoms with van der Waals surface area (Å²) in [4.78, 5) is 0. The van der Waals surface area contributed by atoms with Crippen molar-refractivity contribution < 1.29 is 32.1 Å². The van der Waals surface area contributed by atoms with Crippen molar-refractivity contribution in [2.75, 3.05) is 26.4 Å². The average molecular weight is 246 g/mol. The largest absolute Gasteiger partial charge is 0.394 e. The van der Waals surface area contributed by atoms with Crippen LogP contribution in [-0.2, 0) is 19.9 Å². The van der Waals surface area contributed by atoms with E-state index in [0.717, 1.165) is 0 Å². The summed E-state index contributed by atoms with van der Waals surface area (Å²) < 4.78 is 41.7. The van der Waals surface area contributed by atoms with Crippen LogP contribution in [0.4, 0.5) is 0 Å². The Balaban J connectivity index is 0. The molecule has 0 aromatic rings. The van der Waals surface area contributed by atoms with Gasteiger partial charge in [-0.15, -0.1) is 0 Å². The molecule has 0 unspecified atom stereocenters. The third kappa shape index (κ3) is 41.7. The molecule has 0 amide bonds. The number of aliphatic hydroxyl groups is 1. The second-order valence-electron chi connectivity index (χ2n) is 2.70. The van der Waals surface area contributed by atoms with E-state index in [4.69, 9.17) is 32.1 Å². The van der Waals surface area contributed by atoms with Gasteiger partial charge in [-0.25, -0.2) is 0 Å². The van der Waals surface area contributed by atoms with E-state index in [2.05, 4.69) is 0 Å². The predicted molar refractivity (Wildman–Crippen MR) is 53.2 cm³/mol. The van der Waals surface area contributed by atoms with E-state index < -0.39 is 10.4 Å². The molecular weight excluding hydrogens is 228 g/mol. The lowest BCUT2D eigenvalue weighted by atomic mass is 10.5. The monoisotopic (exact) mass is 246 g/mol. The highest BCUT2D eigenvalue weighted by atomic mass is 32.3. The molecule has 94 valence electrons. The Kier molecular flexibility index (Phi) is 11.7. The van der Waals surface area contributed by atoms with Gasteiger partial charge in [0, 0.05) is 0 Å². The van der Waals surface area contributed by atoms with E-state index in [0.29, 0.717) is 19.8 Å². The fourth-order valence-electron chi connectivity index (χ4n) is 0.509. The van der Waals surface area contributed by atoms with E-state index in [1.54, 1.807) is 0 Å². The van der Waals surface area contributed by atoms with Crippen molar-refractivity contribution in [3.05, 3.63) is 0 Å². The molecular formula is C7H18O7S. The summed E-state index contributed by atoms with van der Waals surface area (Å²) in [6, 6.07) is 0. The third-order valence-electron chi connectivity index (χ3n) is 0.914. The minimum atomic E-state index is -4.67. The van der Waals surface area contributed by atoms with E-state index in [1.807, 2.05) is 13.8 Å². The predicted octanol–water partition coefficient (Wildman–Crippen LogP) is -0.232. The molecule has 0 aliphatic carbocycles. The molecule has 0 radical (unpaired) electrons. The Bertz CT molecular complexity index is 203. The molecule has 3 N–H and O–H groups in total. The maximum atomic E-state index is 8.74. The number of hydrogen-bond donors (Lipinski definition) is 3. The minimum absolute atomic E-state index is 0.0850. The van der Waals surface area contributed by atoms with Crippen molar-refractivity contribution in [2.45, 2.75) is 20.0 Å². The van der Waals surface area contributed by atoms with Gasteiger partial charge in [0.2, 0.25) is 0 Å². The summed E-state index contributed by atoms with van der Waals surface area (Å²) in [5.74, 6) is 0. The van der Waals surface area contributed by atoms with Crippen LogP contribution < -0.4 is 0 Å². The highest BCUT2D eigenvalue weighted by Crippen LogP contribution is 1.86. The number of aliphatic hydroxyl groups excluding tert-OH is 1. The van der Waals surface area contributed by atoms with Crippen LogP contribution in [0.1, 0.15) is 13.8 Å². The molecule has 7 nitrogen and oxygen atoms in total. The lowest BCUT2D eigenvalue weighted by molar-refractivity contribution is 0.0103. The lowest BCUT2D eigenvalue weighted by Gasteiger charge is -2.06. The number of hydrogen-bond acceptors (Lipinski definition) is 5. The van der Waals surface area contributed by atoms with Gasteiger partial charge in [-0.05, 0) is 13.8 Å². The summed E-state index contributed by atoms with van der Waals surface area (Å²) in [7, 11) is -4.67. The first-order valence-corrected chi connectivity index (χ1v) is 5.67. The Morgan fingerprint density at radius 2 is 1.60 bits per heavy atom. The number of rotatable bonds is 6. The van der Waals surface area contributed by atoms with E-state index in [1.165, 1.54) is 0 Å². The zero-order chi connectivity index (χ0) is 12.3. The average Bonchev–Trinajstić information content (AvgIpc) is 2.00. The summed E-state index contributed by atoms with van der Waals surface area (Å²) >= 11 is 0. The molecule has 0 saturated carbocycles. The summed E-state index contributed by atoms with van der Waals surface area (Å²) in [6.45, 7) is 5.62. The van der Waals surface area contributed by atoms with Gasteiger partial charge in [-0.2, -0.15) is 8.42 Å². The standard InChI is InChI=1S/C7H16O3.H2O4S/c1-7(2)10-6-5-9-4-3-8;1-5(2,3)4/h7-8H,3-6H2,1-2H3;(H2,1,2,3,4). The van der Waals surface area contributed by atoms with Gasteiger partial charge in [0.25, 0.3) is 0 Å². The van der Waals surface area contributed by atoms with Crippen LogP contribution in [-0.4, -0.2) is 55.2 Å². The molecule has 0 saturated heterocycles. The first-order chi connectivity index (χ1) is 6.77. The highest BCUT2D eigenvalue weighted by Gasteiger charge is 1.91. The van der Waals surface area contributed by atoms with Crippen molar-refractivity contribution in [1.29, 1.82) is 0 Å². The molecule has 0 aromatic heterocycles. The summed E-state index contributed by atoms with van der Waals surface area (Å²) in [5.41, 5.74) is 0. The van der Waals surface area contributed by atoms with Gasteiger partial charge in [-0.3, -0.25) is 9.11 Å². The molecule has 0 atom stereocenters. The molecule has 0 aliphatic heterocycles. The minimum Gasteiger partial charge on any atom is -0.394 e. The lowest BCUT2D eigenvalue weighted by Crippen LogP contribution is -2.10. The summed E-state index contributed by atoms with van der Waals surface area (Å²) in [6.07, 6.45) is 0.262. The van der Waals surface area contributed by atoms with Crippen LogP contribution in [0.5, 0.6) is 0 Å². The topological polar surface area (TPSA) is 113 Å². The van der Waals surface area contributed by atoms with Crippen molar-refractivity contribution in [3.63, 3.8) is 0 Å². The molecule has 15 heavy (non-hydrogen) atoms. The Morgan fingerprint density at radius 3 is 1.93 bits per heavy atom. The molecule has 0 bridgehead atoms. The van der Waals surface area contributed by atoms with Gasteiger partial charge in [0.05, 0.1) is 32.5 Å². The van der Waals surface area contributed by atoms with Crippen LogP contribution in [0.3, 0.4) is 0 Å². The van der Waals surface area contributed by atoms with Crippen molar-refractivity contribution in [1.82, 2.24) is 0 Å². The van der Waals surface area contributed by atoms with Gasteiger partial charge in [0.1, 0.15) is 0 Å². The van der Waals surface area contributed by atoms with Crippen LogP contribution in [0, 0.1) is 0 Å². The van der Waals surface area contributed by atoms with Gasteiger partial charge in [-0.1, -0.05) is 0 Å². The summed E-state index contributed by atoms with van der Waals surface area (Å²) in [5, 5.41) is 8.31. The first-order valence-electron chi connectivity index (χ1n) is 4.27. The van der Waals surface area contributed by atoms with Crippen molar-refractivity contribution >= 4 is 10.4 Å². The highest BCUT2D eigenvalue weighted by molar-refractivity contribution is 7.79. The Labute approximate surface area is 89.6 Å². The van der Waals surface area contributed by atoms with Crippen LogP contribution in [0.2, 0.25) is 0 Å². The second kappa shape index (κ2) is 10.3. The zero-order valence-corrected chi connectivity index (χ0v) is 9.61. The molecule has 0 spiro atoms. The molecule has 0 aliphatic rings. The maximum absolute atomic E-state index is 8.74. The van der Waals surface area contributed by atoms with Gasteiger partial charge >= 0.3 is 10.4 Å². The quantitative estimate of drug-likeness (QED) is 0.438. The molecule has 0 fully saturated rings. The smallest absolute Gasteiger partial charge is 0.394 e.